The largest absolute Gasteiger partial charge is 0.493 e. The molecule has 0 aliphatic rings. The monoisotopic (exact) mass is 352 g/mol. The number of ether oxygens (including phenoxy) is 2. The van der Waals surface area contributed by atoms with Crippen LogP contribution in [0.25, 0.3) is 0 Å². The van der Waals surface area contributed by atoms with Crippen molar-refractivity contribution in [1.82, 2.24) is 5.32 Å². The third-order valence-corrected chi connectivity index (χ3v) is 3.25. The number of benzene rings is 2. The molecule has 1 N–H and O–H groups in total. The molecule has 7 nitrogen and oxygen atoms in total. The van der Waals surface area contributed by atoms with Crippen LogP contribution in [0.15, 0.2) is 42.5 Å². The zero-order valence-corrected chi connectivity index (χ0v) is 13.1. The van der Waals surface area contributed by atoms with Crippen molar-refractivity contribution in [1.29, 1.82) is 0 Å². The van der Waals surface area contributed by atoms with Gasteiger partial charge >= 0.3 is 6.61 Å². The van der Waals surface area contributed by atoms with Crippen molar-refractivity contribution in [2.75, 3.05) is 7.11 Å². The fourth-order valence-electron chi connectivity index (χ4n) is 2.08. The Morgan fingerprint density at radius 1 is 1.24 bits per heavy atom. The molecule has 0 aromatic heterocycles. The molecule has 132 valence electrons. The smallest absolute Gasteiger partial charge is 0.387 e. The molecule has 9 heteroatoms. The van der Waals surface area contributed by atoms with Crippen molar-refractivity contribution in [2.24, 2.45) is 0 Å². The molecule has 0 radical (unpaired) electrons. The zero-order chi connectivity index (χ0) is 18.4. The van der Waals surface area contributed by atoms with Crippen LogP contribution in [0.3, 0.4) is 0 Å². The number of non-ortho nitro benzene ring substituents is 1. The average Bonchev–Trinajstić information content (AvgIpc) is 2.59. The summed E-state index contributed by atoms with van der Waals surface area (Å²) in [6, 6.07) is 9.77. The van der Waals surface area contributed by atoms with Crippen molar-refractivity contribution in [2.45, 2.75) is 13.2 Å². The predicted molar refractivity (Wildman–Crippen MR) is 83.9 cm³/mol. The van der Waals surface area contributed by atoms with Gasteiger partial charge in [0.05, 0.1) is 17.6 Å². The minimum atomic E-state index is -3.11. The van der Waals surface area contributed by atoms with E-state index in [0.717, 1.165) is 0 Å². The molecule has 0 heterocycles. The van der Waals surface area contributed by atoms with Crippen LogP contribution >= 0.6 is 0 Å². The number of methoxy groups -OCH3 is 1. The first-order chi connectivity index (χ1) is 11.9. The second kappa shape index (κ2) is 8.04. The Kier molecular flexibility index (Phi) is 5.83. The molecule has 0 spiro atoms. The first kappa shape index (κ1) is 18.1. The van der Waals surface area contributed by atoms with Crippen molar-refractivity contribution in [3.05, 3.63) is 63.7 Å². The van der Waals surface area contributed by atoms with Gasteiger partial charge in [0.1, 0.15) is 0 Å². The van der Waals surface area contributed by atoms with E-state index >= 15 is 0 Å². The van der Waals surface area contributed by atoms with E-state index in [0.29, 0.717) is 5.56 Å². The van der Waals surface area contributed by atoms with Gasteiger partial charge in [-0.1, -0.05) is 18.2 Å². The molecule has 0 aliphatic carbocycles. The molecule has 2 aromatic carbocycles. The first-order valence-electron chi connectivity index (χ1n) is 7.05. The van der Waals surface area contributed by atoms with Gasteiger partial charge in [-0.3, -0.25) is 14.9 Å². The van der Waals surface area contributed by atoms with Crippen LogP contribution in [0.5, 0.6) is 11.5 Å². The molecular formula is C16H14F2N2O5. The predicted octanol–water partition coefficient (Wildman–Crippen LogP) is 3.13. The maximum Gasteiger partial charge on any atom is 0.387 e. The second-order valence-electron chi connectivity index (χ2n) is 4.82. The molecular weight excluding hydrogens is 338 g/mol. The van der Waals surface area contributed by atoms with Gasteiger partial charge in [-0.25, -0.2) is 0 Å². The number of hydrogen-bond donors (Lipinski definition) is 1. The van der Waals surface area contributed by atoms with Gasteiger partial charge < -0.3 is 14.8 Å². The van der Waals surface area contributed by atoms with E-state index in [1.807, 2.05) is 0 Å². The number of carbonyl (C=O) groups excluding carboxylic acids is 1. The lowest BCUT2D eigenvalue weighted by Gasteiger charge is -2.14. The van der Waals surface area contributed by atoms with Gasteiger partial charge in [-0.15, -0.1) is 0 Å². The SMILES string of the molecule is COc1cccc(C(=O)NCc2ccc([N+](=O)[O-])cc2)c1OC(F)F. The minimum absolute atomic E-state index is 0.00304. The number of hydrogen-bond acceptors (Lipinski definition) is 5. The summed E-state index contributed by atoms with van der Waals surface area (Å²) in [5, 5.41) is 13.1. The van der Waals surface area contributed by atoms with Crippen molar-refractivity contribution >= 4 is 11.6 Å². The lowest BCUT2D eigenvalue weighted by atomic mass is 10.1. The molecule has 0 unspecified atom stereocenters. The molecule has 0 fully saturated rings. The Bertz CT molecular complexity index is 766. The topological polar surface area (TPSA) is 90.7 Å². The quantitative estimate of drug-likeness (QED) is 0.611. The maximum atomic E-state index is 12.6. The molecule has 0 bridgehead atoms. The Hall–Kier alpha value is -3.23. The molecule has 0 aliphatic heterocycles. The van der Waals surface area contributed by atoms with Crippen LogP contribution < -0.4 is 14.8 Å². The summed E-state index contributed by atoms with van der Waals surface area (Å²) >= 11 is 0. The highest BCUT2D eigenvalue weighted by Gasteiger charge is 2.20. The number of nitrogens with one attached hydrogen (secondary N) is 1. The van der Waals surface area contributed by atoms with Gasteiger partial charge in [-0.2, -0.15) is 8.78 Å². The minimum Gasteiger partial charge on any atom is -0.493 e. The van der Waals surface area contributed by atoms with Gasteiger partial charge in [0.15, 0.2) is 11.5 Å². The van der Waals surface area contributed by atoms with Crippen LogP contribution in [0.4, 0.5) is 14.5 Å². The lowest BCUT2D eigenvalue weighted by Crippen LogP contribution is -2.24. The highest BCUT2D eigenvalue weighted by Crippen LogP contribution is 2.32. The molecule has 0 atom stereocenters. The maximum absolute atomic E-state index is 12.6. The highest BCUT2D eigenvalue weighted by atomic mass is 19.3. The van der Waals surface area contributed by atoms with E-state index in [2.05, 4.69) is 10.1 Å². The van der Waals surface area contributed by atoms with Gasteiger partial charge in [-0.05, 0) is 17.7 Å². The van der Waals surface area contributed by atoms with E-state index in [-0.39, 0.29) is 29.3 Å². The van der Waals surface area contributed by atoms with Gasteiger partial charge in [0, 0.05) is 18.7 Å². The summed E-state index contributed by atoms with van der Waals surface area (Å²) in [6.07, 6.45) is 0. The van der Waals surface area contributed by atoms with Crippen LogP contribution in [-0.4, -0.2) is 24.6 Å². The number of nitro benzene ring substituents is 1. The standard InChI is InChI=1S/C16H14F2N2O5/c1-24-13-4-2-3-12(14(13)25-16(17)18)15(21)19-9-10-5-7-11(8-6-10)20(22)23/h2-8,16H,9H2,1H3,(H,19,21). The number of carbonyl (C=O) groups is 1. The fourth-order valence-corrected chi connectivity index (χ4v) is 2.08. The van der Waals surface area contributed by atoms with Crippen LogP contribution in [-0.2, 0) is 6.54 Å². The van der Waals surface area contributed by atoms with Gasteiger partial charge in [0.25, 0.3) is 11.6 Å². The highest BCUT2D eigenvalue weighted by molar-refractivity contribution is 5.97. The van der Waals surface area contributed by atoms with Crippen LogP contribution in [0, 0.1) is 10.1 Å². The summed E-state index contributed by atoms with van der Waals surface area (Å²) in [7, 11) is 1.27. The van der Waals surface area contributed by atoms with E-state index in [4.69, 9.17) is 4.74 Å². The van der Waals surface area contributed by atoms with Crippen molar-refractivity contribution in [3.63, 3.8) is 0 Å². The van der Waals surface area contributed by atoms with Crippen molar-refractivity contribution in [3.8, 4) is 11.5 Å². The number of amides is 1. The van der Waals surface area contributed by atoms with Crippen molar-refractivity contribution < 1.29 is 28.0 Å². The summed E-state index contributed by atoms with van der Waals surface area (Å²) in [5.41, 5.74) is 0.426. The van der Waals surface area contributed by atoms with Crippen LogP contribution in [0.2, 0.25) is 0 Å². The third kappa shape index (κ3) is 4.63. The number of para-hydroxylation sites is 1. The zero-order valence-electron chi connectivity index (χ0n) is 13.1. The summed E-state index contributed by atoms with van der Waals surface area (Å²) in [4.78, 5) is 22.3. The number of alkyl halides is 2. The molecule has 0 saturated heterocycles. The second-order valence-corrected chi connectivity index (χ2v) is 4.82. The van der Waals surface area contributed by atoms with E-state index in [9.17, 15) is 23.7 Å². The summed E-state index contributed by atoms with van der Waals surface area (Å²) < 4.78 is 34.5. The number of halogens is 2. The normalized spacial score (nSPS) is 10.4. The van der Waals surface area contributed by atoms with Gasteiger partial charge in [0.2, 0.25) is 0 Å². The number of nitrogens with zero attached hydrogens (tertiary/aromatic N) is 1. The average molecular weight is 352 g/mol. The van der Waals surface area contributed by atoms with E-state index in [1.54, 1.807) is 0 Å². The van der Waals surface area contributed by atoms with E-state index in [1.165, 1.54) is 49.6 Å². The Morgan fingerprint density at radius 3 is 2.48 bits per heavy atom. The number of nitro groups is 1. The molecule has 25 heavy (non-hydrogen) atoms. The van der Waals surface area contributed by atoms with E-state index < -0.39 is 17.4 Å². The first-order valence-corrected chi connectivity index (χ1v) is 7.05. The summed E-state index contributed by atoms with van der Waals surface area (Å²) in [6.45, 7) is -3.06. The Morgan fingerprint density at radius 2 is 1.92 bits per heavy atom. The Balaban J connectivity index is 2.13. The Labute approximate surface area is 141 Å². The van der Waals surface area contributed by atoms with Crippen LogP contribution in [0.1, 0.15) is 15.9 Å². The molecule has 2 rings (SSSR count). The molecule has 2 aromatic rings. The molecule has 0 saturated carbocycles. The summed E-state index contributed by atoms with van der Waals surface area (Å²) in [5.74, 6) is -1.00. The fraction of sp³-hybridized carbons (Fsp3) is 0.188. The number of rotatable bonds is 7. The third-order valence-electron chi connectivity index (χ3n) is 3.25. The molecule has 1 amide bonds. The lowest BCUT2D eigenvalue weighted by molar-refractivity contribution is -0.384.